The van der Waals surface area contributed by atoms with Gasteiger partial charge in [0.05, 0.1) is 5.52 Å². The van der Waals surface area contributed by atoms with Gasteiger partial charge in [-0.05, 0) is 68.8 Å². The summed E-state index contributed by atoms with van der Waals surface area (Å²) in [5.41, 5.74) is 2.88. The molecule has 2 unspecified atom stereocenters. The molecule has 1 aliphatic rings. The molecule has 4 rings (SSSR count). The maximum absolute atomic E-state index is 13.1. The van der Waals surface area contributed by atoms with Crippen molar-refractivity contribution in [2.24, 2.45) is 0 Å². The zero-order valence-corrected chi connectivity index (χ0v) is 21.2. The fourth-order valence-electron chi connectivity index (χ4n) is 4.64. The minimum atomic E-state index is -2.87. The minimum absolute atomic E-state index is 0.141. The van der Waals surface area contributed by atoms with E-state index in [2.05, 4.69) is 26.7 Å². The number of para-hydroxylation sites is 1. The summed E-state index contributed by atoms with van der Waals surface area (Å²) < 4.78 is 26.2. The summed E-state index contributed by atoms with van der Waals surface area (Å²) in [5.74, 6) is 0.266. The highest BCUT2D eigenvalue weighted by atomic mass is 19.3. The summed E-state index contributed by atoms with van der Waals surface area (Å²) in [6.45, 7) is 1.36. The first-order valence-electron chi connectivity index (χ1n) is 13.0. The Labute approximate surface area is 220 Å². The molecule has 3 heterocycles. The average molecular weight is 529 g/mol. The number of aliphatic carboxylic acids is 1. The zero-order valence-electron chi connectivity index (χ0n) is 21.2. The van der Waals surface area contributed by atoms with Crippen molar-refractivity contribution in [2.45, 2.75) is 57.1 Å². The van der Waals surface area contributed by atoms with Crippen LogP contribution in [0.15, 0.2) is 42.7 Å². The molecule has 0 fully saturated rings. The van der Waals surface area contributed by atoms with Crippen molar-refractivity contribution in [1.82, 2.24) is 19.9 Å². The highest BCUT2D eigenvalue weighted by molar-refractivity contribution is 5.90. The molecule has 204 valence electrons. The van der Waals surface area contributed by atoms with Gasteiger partial charge in [-0.1, -0.05) is 18.2 Å². The first-order valence-corrected chi connectivity index (χ1v) is 13.0. The van der Waals surface area contributed by atoms with Gasteiger partial charge in [0.2, 0.25) is 0 Å². The Bertz CT molecular complexity index is 1210. The number of nitrogens with one attached hydrogen (secondary N) is 2. The van der Waals surface area contributed by atoms with Crippen LogP contribution in [0, 0.1) is 0 Å². The number of hydrogen-bond acceptors (Lipinski definition) is 8. The maximum Gasteiger partial charge on any atom is 0.326 e. The Morgan fingerprint density at radius 2 is 1.97 bits per heavy atom. The van der Waals surface area contributed by atoms with Gasteiger partial charge in [0.15, 0.2) is 0 Å². The number of benzene rings is 1. The van der Waals surface area contributed by atoms with Crippen LogP contribution in [-0.2, 0) is 17.6 Å². The average Bonchev–Trinajstić information content (AvgIpc) is 2.92. The molecule has 38 heavy (non-hydrogen) atoms. The third-order valence-electron chi connectivity index (χ3n) is 6.73. The number of pyridine rings is 1. The molecule has 0 amide bonds. The Balaban J connectivity index is 1.34. The number of fused-ring (bicyclic) bond motifs is 2. The van der Waals surface area contributed by atoms with E-state index in [1.54, 1.807) is 11.0 Å². The van der Waals surface area contributed by atoms with Gasteiger partial charge < -0.3 is 25.7 Å². The number of unbranched alkanes of at least 4 members (excludes halogenated alkanes) is 1. The normalized spacial score (nSPS) is 14.8. The summed E-state index contributed by atoms with van der Waals surface area (Å²) in [6, 6.07) is 10.4. The number of carboxylic acids is 1. The largest absolute Gasteiger partial charge is 0.480 e. The van der Waals surface area contributed by atoms with E-state index in [0.717, 1.165) is 43.7 Å². The number of nitrogens with zero attached hydrogens (tertiary/aromatic N) is 4. The second kappa shape index (κ2) is 13.4. The van der Waals surface area contributed by atoms with E-state index in [0.29, 0.717) is 29.7 Å². The van der Waals surface area contributed by atoms with Crippen LogP contribution in [0.2, 0.25) is 0 Å². The number of aromatic nitrogens is 3. The predicted molar refractivity (Wildman–Crippen MR) is 142 cm³/mol. The number of carboxylic acid groups (broad SMARTS) is 1. The molecule has 2 aromatic heterocycles. The summed E-state index contributed by atoms with van der Waals surface area (Å²) >= 11 is 0. The molecule has 0 radical (unpaired) electrons. The Hall–Kier alpha value is -3.44. The number of aryl methyl sites for hydroxylation is 2. The number of anilines is 2. The van der Waals surface area contributed by atoms with Crippen molar-refractivity contribution >= 4 is 28.5 Å². The first kappa shape index (κ1) is 27.6. The highest BCUT2D eigenvalue weighted by Gasteiger charge is 2.24. The summed E-state index contributed by atoms with van der Waals surface area (Å²) in [7, 11) is 0. The topological polar surface area (TPSA) is 124 Å². The van der Waals surface area contributed by atoms with Crippen LogP contribution in [-0.4, -0.2) is 80.8 Å². The highest BCUT2D eigenvalue weighted by Crippen LogP contribution is 2.21. The van der Waals surface area contributed by atoms with Crippen LogP contribution in [0.5, 0.6) is 0 Å². The lowest BCUT2D eigenvalue weighted by atomic mass is 10.1. The van der Waals surface area contributed by atoms with E-state index in [1.165, 1.54) is 11.9 Å². The van der Waals surface area contributed by atoms with Gasteiger partial charge in [0.1, 0.15) is 30.1 Å². The Kier molecular flexibility index (Phi) is 9.72. The van der Waals surface area contributed by atoms with Crippen molar-refractivity contribution in [3.63, 3.8) is 0 Å². The molecular weight excluding hydrogens is 494 g/mol. The van der Waals surface area contributed by atoms with E-state index >= 15 is 0 Å². The van der Waals surface area contributed by atoms with Crippen molar-refractivity contribution < 1.29 is 23.8 Å². The van der Waals surface area contributed by atoms with E-state index < -0.39 is 24.5 Å². The van der Waals surface area contributed by atoms with Gasteiger partial charge in [-0.15, -0.1) is 0 Å². The smallest absolute Gasteiger partial charge is 0.326 e. The van der Waals surface area contributed by atoms with E-state index in [-0.39, 0.29) is 19.5 Å². The maximum atomic E-state index is 13.1. The SMILES string of the molecule is O=C(O)C(CCN(CCCCc1ccc2c(n1)NCCC2)CC(O)C(F)F)Nc1ncnc2ccccc12. The molecule has 11 heteroatoms. The van der Waals surface area contributed by atoms with Crippen LogP contribution in [0.3, 0.4) is 0 Å². The lowest BCUT2D eigenvalue weighted by Crippen LogP contribution is -2.40. The number of aliphatic hydroxyl groups is 1. The molecule has 0 saturated heterocycles. The van der Waals surface area contributed by atoms with Gasteiger partial charge in [-0.3, -0.25) is 0 Å². The number of halogens is 2. The minimum Gasteiger partial charge on any atom is -0.480 e. The second-order valence-electron chi connectivity index (χ2n) is 9.56. The van der Waals surface area contributed by atoms with Crippen LogP contribution in [0.25, 0.3) is 10.9 Å². The number of carbonyl (C=O) groups is 1. The van der Waals surface area contributed by atoms with Crippen LogP contribution in [0.1, 0.15) is 36.9 Å². The van der Waals surface area contributed by atoms with Crippen molar-refractivity contribution in [3.05, 3.63) is 54.0 Å². The molecule has 9 nitrogen and oxygen atoms in total. The summed E-state index contributed by atoms with van der Waals surface area (Å²) in [4.78, 5) is 26.8. The lowest BCUT2D eigenvalue weighted by Gasteiger charge is -2.26. The van der Waals surface area contributed by atoms with Crippen LogP contribution < -0.4 is 10.6 Å². The molecule has 0 bridgehead atoms. The van der Waals surface area contributed by atoms with Gasteiger partial charge >= 0.3 is 5.97 Å². The first-order chi connectivity index (χ1) is 18.4. The number of hydrogen-bond donors (Lipinski definition) is 4. The third kappa shape index (κ3) is 7.55. The summed E-state index contributed by atoms with van der Waals surface area (Å²) in [5, 5.41) is 26.6. The van der Waals surface area contributed by atoms with E-state index in [1.807, 2.05) is 24.3 Å². The lowest BCUT2D eigenvalue weighted by molar-refractivity contribution is -0.138. The molecule has 0 saturated carbocycles. The standard InChI is InChI=1S/C27H34F2N6O3/c28-24(29)23(36)16-35(14-4-3-7-19-11-10-18-6-5-13-30-25(18)33-19)15-12-22(27(37)38)34-26-20-8-1-2-9-21(20)31-17-32-26/h1-2,8-11,17,22-24,36H,3-7,12-16H2,(H,30,33)(H,37,38)(H,31,32,34). The number of alkyl halides is 2. The van der Waals surface area contributed by atoms with Crippen molar-refractivity contribution in [1.29, 1.82) is 0 Å². The number of aliphatic hydroxyl groups excluding tert-OH is 1. The van der Waals surface area contributed by atoms with Crippen LogP contribution in [0.4, 0.5) is 20.4 Å². The molecule has 1 aliphatic heterocycles. The van der Waals surface area contributed by atoms with Gasteiger partial charge in [0, 0.05) is 30.7 Å². The number of rotatable bonds is 14. The second-order valence-corrected chi connectivity index (χ2v) is 9.56. The van der Waals surface area contributed by atoms with Crippen molar-refractivity contribution in [2.75, 3.05) is 36.8 Å². The fraction of sp³-hybridized carbons (Fsp3) is 0.481. The monoisotopic (exact) mass is 528 g/mol. The van der Waals surface area contributed by atoms with Crippen LogP contribution >= 0.6 is 0 Å². The molecule has 4 N–H and O–H groups in total. The van der Waals surface area contributed by atoms with Gasteiger partial charge in [-0.25, -0.2) is 28.5 Å². The molecule has 3 aromatic rings. The van der Waals surface area contributed by atoms with E-state index in [9.17, 15) is 23.8 Å². The third-order valence-corrected chi connectivity index (χ3v) is 6.73. The van der Waals surface area contributed by atoms with Gasteiger partial charge in [0.25, 0.3) is 6.43 Å². The van der Waals surface area contributed by atoms with E-state index in [4.69, 9.17) is 4.98 Å². The molecule has 2 atom stereocenters. The Morgan fingerprint density at radius 1 is 1.13 bits per heavy atom. The zero-order chi connectivity index (χ0) is 26.9. The van der Waals surface area contributed by atoms with Gasteiger partial charge in [-0.2, -0.15) is 0 Å². The van der Waals surface area contributed by atoms with Crippen molar-refractivity contribution in [3.8, 4) is 0 Å². The molecular formula is C27H34F2N6O3. The molecule has 0 spiro atoms. The predicted octanol–water partition coefficient (Wildman–Crippen LogP) is 3.59. The quantitative estimate of drug-likeness (QED) is 0.232. The summed E-state index contributed by atoms with van der Waals surface area (Å²) in [6.07, 6.45) is 1.20. The Morgan fingerprint density at radius 3 is 2.79 bits per heavy atom. The molecule has 1 aromatic carbocycles. The fourth-order valence-corrected chi connectivity index (χ4v) is 4.64. The molecule has 0 aliphatic carbocycles.